The van der Waals surface area contributed by atoms with Crippen LogP contribution in [0.2, 0.25) is 0 Å². The van der Waals surface area contributed by atoms with E-state index in [1.807, 2.05) is 164 Å². The van der Waals surface area contributed by atoms with Gasteiger partial charge in [-0.1, -0.05) is 207 Å². The van der Waals surface area contributed by atoms with Crippen LogP contribution in [0.15, 0.2) is 219 Å². The van der Waals surface area contributed by atoms with Gasteiger partial charge in [0.15, 0.2) is 0 Å². The topological polar surface area (TPSA) is 115 Å². The Kier molecular flexibility index (Phi) is 16.6. The van der Waals surface area contributed by atoms with E-state index in [0.29, 0.717) is 24.6 Å². The van der Waals surface area contributed by atoms with E-state index < -0.39 is 23.6 Å². The zero-order valence-corrected chi connectivity index (χ0v) is 39.5. The normalized spacial score (nSPS) is 12.0. The number of alkyl carbamates (subject to hydrolysis) is 1. The molecule has 2 N–H and O–H groups in total. The Balaban J connectivity index is 1.11. The van der Waals surface area contributed by atoms with E-state index in [1.54, 1.807) is 6.33 Å². The smallest absolute Gasteiger partial charge is 0.408 e. The third kappa shape index (κ3) is 12.4. The highest BCUT2D eigenvalue weighted by molar-refractivity contribution is 5.89. The lowest BCUT2D eigenvalue weighted by atomic mass is 9.77. The number of benzene rings is 7. The predicted molar refractivity (Wildman–Crippen MR) is 274 cm³/mol. The fourth-order valence-corrected chi connectivity index (χ4v) is 8.96. The highest BCUT2D eigenvalue weighted by Crippen LogP contribution is 2.41. The Hall–Kier alpha value is -8.24. The molecule has 10 heteroatoms. The molecule has 0 fully saturated rings. The molecule has 1 unspecified atom stereocenters. The first-order valence-corrected chi connectivity index (χ1v) is 23.9. The highest BCUT2D eigenvalue weighted by Gasteiger charge is 2.39. The maximum Gasteiger partial charge on any atom is 0.408 e. The van der Waals surface area contributed by atoms with E-state index in [4.69, 9.17) is 14.5 Å². The SMILES string of the molecule is CCCC(CNC(=O)CN(Cc1ccc(OCc2ccccc2)cc1)C(=O)[C@H](Cc1cn(C(c2ccccc2)(c2ccccc2)c2ccccc2)cn1)NC(=O)OCc1ccccc1)c1ccccc1. The van der Waals surface area contributed by atoms with Crippen LogP contribution in [0.25, 0.3) is 0 Å². The number of ether oxygens (including phenoxy) is 2. The molecule has 0 aliphatic rings. The van der Waals surface area contributed by atoms with Crippen molar-refractivity contribution in [2.24, 2.45) is 0 Å². The van der Waals surface area contributed by atoms with E-state index in [0.717, 1.165) is 51.8 Å². The second-order valence-electron chi connectivity index (χ2n) is 17.4. The summed E-state index contributed by atoms with van der Waals surface area (Å²) in [5.74, 6) is -0.0259. The maximum absolute atomic E-state index is 15.3. The number of rotatable bonds is 22. The molecule has 3 amide bonds. The van der Waals surface area contributed by atoms with Crippen molar-refractivity contribution >= 4 is 17.9 Å². The quantitative estimate of drug-likeness (QED) is 0.0654. The van der Waals surface area contributed by atoms with E-state index in [1.165, 1.54) is 4.90 Å². The van der Waals surface area contributed by atoms with Crippen molar-refractivity contribution in [3.05, 3.63) is 263 Å². The molecule has 0 spiro atoms. The summed E-state index contributed by atoms with van der Waals surface area (Å²) >= 11 is 0. The maximum atomic E-state index is 15.3. The summed E-state index contributed by atoms with van der Waals surface area (Å²) in [6.45, 7) is 2.75. The van der Waals surface area contributed by atoms with Crippen LogP contribution >= 0.6 is 0 Å². The molecule has 2 atom stereocenters. The van der Waals surface area contributed by atoms with Gasteiger partial charge >= 0.3 is 6.09 Å². The summed E-state index contributed by atoms with van der Waals surface area (Å²) in [6.07, 6.45) is 4.77. The molecular formula is C60H59N5O5. The number of hydrogen-bond acceptors (Lipinski definition) is 6. The number of carbonyl (C=O) groups excluding carboxylic acids is 3. The summed E-state index contributed by atoms with van der Waals surface area (Å²) in [7, 11) is 0. The fourth-order valence-electron chi connectivity index (χ4n) is 8.96. The number of carbonyl (C=O) groups is 3. The van der Waals surface area contributed by atoms with Gasteiger partial charge in [-0.05, 0) is 57.5 Å². The van der Waals surface area contributed by atoms with Crippen molar-refractivity contribution in [3.63, 3.8) is 0 Å². The van der Waals surface area contributed by atoms with Crippen LogP contribution in [0.5, 0.6) is 5.75 Å². The first kappa shape index (κ1) is 48.2. The molecule has 0 aliphatic carbocycles. The molecule has 1 aromatic heterocycles. The second kappa shape index (κ2) is 24.2. The third-order valence-corrected chi connectivity index (χ3v) is 12.5. The summed E-state index contributed by atoms with van der Waals surface area (Å²) in [6, 6.07) is 66.5. The minimum absolute atomic E-state index is 0.00110. The van der Waals surface area contributed by atoms with Gasteiger partial charge in [-0.15, -0.1) is 0 Å². The number of imidazole rings is 1. The summed E-state index contributed by atoms with van der Waals surface area (Å²) < 4.78 is 13.9. The van der Waals surface area contributed by atoms with Crippen LogP contribution in [-0.4, -0.2) is 51.5 Å². The average Bonchev–Trinajstić information content (AvgIpc) is 3.89. The summed E-state index contributed by atoms with van der Waals surface area (Å²) in [5.41, 5.74) is 6.46. The van der Waals surface area contributed by atoms with Crippen LogP contribution < -0.4 is 15.4 Å². The number of aromatic nitrogens is 2. The van der Waals surface area contributed by atoms with Gasteiger partial charge in [0.2, 0.25) is 11.8 Å². The van der Waals surface area contributed by atoms with Gasteiger partial charge in [-0.2, -0.15) is 0 Å². The molecule has 8 rings (SSSR count). The van der Waals surface area contributed by atoms with Gasteiger partial charge in [0.1, 0.15) is 30.5 Å². The Labute approximate surface area is 411 Å². The van der Waals surface area contributed by atoms with Crippen molar-refractivity contribution in [2.45, 2.75) is 63.4 Å². The van der Waals surface area contributed by atoms with Crippen LogP contribution in [0.3, 0.4) is 0 Å². The van der Waals surface area contributed by atoms with Crippen molar-refractivity contribution in [3.8, 4) is 5.75 Å². The Bertz CT molecular complexity index is 2750. The lowest BCUT2D eigenvalue weighted by Crippen LogP contribution is -2.52. The fraction of sp³-hybridized carbons (Fsp3) is 0.200. The monoisotopic (exact) mass is 929 g/mol. The first-order chi connectivity index (χ1) is 34.4. The van der Waals surface area contributed by atoms with Crippen LogP contribution in [0, 0.1) is 0 Å². The number of hydrogen-bond donors (Lipinski definition) is 2. The van der Waals surface area contributed by atoms with Crippen molar-refractivity contribution in [1.82, 2.24) is 25.1 Å². The molecule has 0 aliphatic heterocycles. The Morgan fingerprint density at radius 2 is 1.14 bits per heavy atom. The van der Waals surface area contributed by atoms with Crippen molar-refractivity contribution in [2.75, 3.05) is 13.1 Å². The van der Waals surface area contributed by atoms with E-state index >= 15 is 4.79 Å². The van der Waals surface area contributed by atoms with Gasteiger partial charge in [0.05, 0.1) is 18.6 Å². The van der Waals surface area contributed by atoms with Crippen molar-refractivity contribution < 1.29 is 23.9 Å². The molecule has 10 nitrogen and oxygen atoms in total. The number of amides is 3. The first-order valence-electron chi connectivity index (χ1n) is 23.9. The molecule has 1 heterocycles. The molecule has 0 bridgehead atoms. The van der Waals surface area contributed by atoms with Crippen molar-refractivity contribution in [1.29, 1.82) is 0 Å². The lowest BCUT2D eigenvalue weighted by molar-refractivity contribution is -0.138. The van der Waals surface area contributed by atoms with E-state index in [9.17, 15) is 9.59 Å². The highest BCUT2D eigenvalue weighted by atomic mass is 16.5. The predicted octanol–water partition coefficient (Wildman–Crippen LogP) is 10.9. The van der Waals surface area contributed by atoms with Gasteiger partial charge in [-0.25, -0.2) is 9.78 Å². The number of nitrogens with one attached hydrogen (secondary N) is 2. The van der Waals surface area contributed by atoms with E-state index in [-0.39, 0.29) is 37.9 Å². The van der Waals surface area contributed by atoms with Gasteiger partial charge in [-0.3, -0.25) is 9.59 Å². The second-order valence-corrected chi connectivity index (χ2v) is 17.4. The molecule has 0 radical (unpaired) electrons. The Morgan fingerprint density at radius 1 is 0.629 bits per heavy atom. The molecule has 0 saturated carbocycles. The molecule has 8 aromatic rings. The largest absolute Gasteiger partial charge is 0.489 e. The molecular weight excluding hydrogens is 871 g/mol. The minimum Gasteiger partial charge on any atom is -0.489 e. The molecule has 354 valence electrons. The zero-order valence-electron chi connectivity index (χ0n) is 39.5. The zero-order chi connectivity index (χ0) is 48.4. The van der Waals surface area contributed by atoms with Gasteiger partial charge in [0.25, 0.3) is 0 Å². The summed E-state index contributed by atoms with van der Waals surface area (Å²) in [4.78, 5) is 49.6. The van der Waals surface area contributed by atoms with Crippen LogP contribution in [-0.2, 0) is 46.0 Å². The van der Waals surface area contributed by atoms with Crippen LogP contribution in [0.1, 0.15) is 70.3 Å². The van der Waals surface area contributed by atoms with E-state index in [2.05, 4.69) is 70.7 Å². The average molecular weight is 930 g/mol. The molecule has 0 saturated heterocycles. The standard InChI is InChI=1S/C60H59N5O5/c1-2-21-50(49-26-13-5-14-27-49)39-61-57(66)42-64(40-46-34-36-55(37-35-46)69-43-47-22-9-3-10-23-47)58(67)56(63-59(68)70-44-48-24-11-4-12-25-48)38-54-41-65(45-62-54)60(51-28-15-6-16-29-51,52-30-17-7-18-31-52)53-32-19-8-20-33-53/h3-20,22-37,41,45,50,56H,2,21,38-40,42-44H2,1H3,(H,61,66)(H,63,68)/t50?,56-/m0/s1. The molecule has 70 heavy (non-hydrogen) atoms. The van der Waals surface area contributed by atoms with Crippen LogP contribution in [0.4, 0.5) is 4.79 Å². The minimum atomic E-state index is -1.18. The summed E-state index contributed by atoms with van der Waals surface area (Å²) in [5, 5.41) is 6.03. The Morgan fingerprint density at radius 3 is 1.69 bits per heavy atom. The number of nitrogens with zero attached hydrogens (tertiary/aromatic N) is 3. The third-order valence-electron chi connectivity index (χ3n) is 12.5. The van der Waals surface area contributed by atoms with Gasteiger partial charge in [0, 0.05) is 31.6 Å². The molecule has 7 aromatic carbocycles. The van der Waals surface area contributed by atoms with Gasteiger partial charge < -0.3 is 29.6 Å². The lowest BCUT2D eigenvalue weighted by Gasteiger charge is -2.37.